The largest absolute Gasteiger partial charge is 0.478 e. The zero-order valence-electron chi connectivity index (χ0n) is 12.1. The highest BCUT2D eigenvalue weighted by molar-refractivity contribution is 6.03. The van der Waals surface area contributed by atoms with Gasteiger partial charge in [-0.1, -0.05) is 13.8 Å². The van der Waals surface area contributed by atoms with Gasteiger partial charge in [-0.3, -0.25) is 9.78 Å². The van der Waals surface area contributed by atoms with Gasteiger partial charge in [-0.15, -0.1) is 0 Å². The molecule has 1 heterocycles. The van der Waals surface area contributed by atoms with Gasteiger partial charge in [0.1, 0.15) is 0 Å². The Balaban J connectivity index is 2.42. The molecule has 0 spiro atoms. The fraction of sp³-hybridized carbons (Fsp3) is 0.312. The van der Waals surface area contributed by atoms with Gasteiger partial charge in [0.2, 0.25) is 6.41 Å². The predicted molar refractivity (Wildman–Crippen MR) is 81.6 cm³/mol. The molecule has 2 aromatic rings. The van der Waals surface area contributed by atoms with E-state index in [-0.39, 0.29) is 5.56 Å². The van der Waals surface area contributed by atoms with Crippen LogP contribution in [0.3, 0.4) is 0 Å². The van der Waals surface area contributed by atoms with E-state index < -0.39 is 5.97 Å². The number of hydrogen-bond donors (Lipinski definition) is 1. The second-order valence-corrected chi connectivity index (χ2v) is 5.35. The van der Waals surface area contributed by atoms with Crippen molar-refractivity contribution in [1.29, 1.82) is 0 Å². The smallest absolute Gasteiger partial charge is 0.336 e. The van der Waals surface area contributed by atoms with Crippen LogP contribution in [-0.2, 0) is 4.79 Å². The van der Waals surface area contributed by atoms with Crippen molar-refractivity contribution in [1.82, 2.24) is 4.98 Å². The molecule has 1 amide bonds. The minimum Gasteiger partial charge on any atom is -0.478 e. The van der Waals surface area contributed by atoms with Gasteiger partial charge in [-0.2, -0.15) is 0 Å². The number of fused-ring (bicyclic) bond motifs is 1. The van der Waals surface area contributed by atoms with Crippen molar-refractivity contribution in [2.45, 2.75) is 20.3 Å². The summed E-state index contributed by atoms with van der Waals surface area (Å²) in [5, 5.41) is 9.78. The van der Waals surface area contributed by atoms with E-state index in [1.165, 1.54) is 12.3 Å². The number of benzene rings is 1. The normalized spacial score (nSPS) is 10.8. The topological polar surface area (TPSA) is 70.5 Å². The van der Waals surface area contributed by atoms with Crippen LogP contribution in [0.5, 0.6) is 0 Å². The number of aromatic carboxylic acids is 1. The quantitative estimate of drug-likeness (QED) is 0.829. The lowest BCUT2D eigenvalue weighted by Gasteiger charge is -2.19. The van der Waals surface area contributed by atoms with E-state index in [2.05, 4.69) is 18.8 Å². The van der Waals surface area contributed by atoms with Crippen molar-refractivity contribution in [3.05, 3.63) is 36.0 Å². The molecular weight excluding hydrogens is 268 g/mol. The van der Waals surface area contributed by atoms with Crippen LogP contribution < -0.4 is 4.90 Å². The van der Waals surface area contributed by atoms with Crippen LogP contribution >= 0.6 is 0 Å². The molecule has 2 rings (SSSR count). The number of carboxylic acid groups (broad SMARTS) is 1. The summed E-state index contributed by atoms with van der Waals surface area (Å²) in [7, 11) is 0. The molecule has 0 bridgehead atoms. The van der Waals surface area contributed by atoms with Crippen molar-refractivity contribution >= 4 is 29.0 Å². The Morgan fingerprint density at radius 2 is 2.14 bits per heavy atom. The predicted octanol–water partition coefficient (Wildman–Crippen LogP) is 2.94. The Morgan fingerprint density at radius 3 is 2.76 bits per heavy atom. The zero-order chi connectivity index (χ0) is 15.4. The lowest BCUT2D eigenvalue weighted by molar-refractivity contribution is -0.107. The van der Waals surface area contributed by atoms with Gasteiger partial charge < -0.3 is 10.0 Å². The first kappa shape index (κ1) is 15.0. The van der Waals surface area contributed by atoms with Gasteiger partial charge in [0.05, 0.1) is 11.1 Å². The molecule has 5 heteroatoms. The Hall–Kier alpha value is -2.43. The Bertz CT molecular complexity index is 668. The van der Waals surface area contributed by atoms with E-state index in [0.29, 0.717) is 29.1 Å². The number of anilines is 1. The lowest BCUT2D eigenvalue weighted by Crippen LogP contribution is -2.23. The minimum absolute atomic E-state index is 0.191. The molecule has 0 aliphatic heterocycles. The molecule has 5 nitrogen and oxygen atoms in total. The number of hydrogen-bond acceptors (Lipinski definition) is 3. The fourth-order valence-corrected chi connectivity index (χ4v) is 2.14. The minimum atomic E-state index is -1.00. The average molecular weight is 286 g/mol. The molecule has 21 heavy (non-hydrogen) atoms. The highest BCUT2D eigenvalue weighted by atomic mass is 16.4. The molecule has 0 fully saturated rings. The Morgan fingerprint density at radius 1 is 1.38 bits per heavy atom. The number of pyridine rings is 1. The number of carbonyl (C=O) groups excluding carboxylic acids is 1. The molecule has 1 aromatic heterocycles. The molecular formula is C16H18N2O3. The second-order valence-electron chi connectivity index (χ2n) is 5.35. The van der Waals surface area contributed by atoms with Crippen LogP contribution in [0.15, 0.2) is 30.5 Å². The number of aromatic nitrogens is 1. The third-order valence-electron chi connectivity index (χ3n) is 3.36. The monoisotopic (exact) mass is 286 g/mol. The lowest BCUT2D eigenvalue weighted by atomic mass is 10.1. The maximum atomic E-state index is 11.3. The van der Waals surface area contributed by atoms with Crippen LogP contribution in [0.4, 0.5) is 5.69 Å². The van der Waals surface area contributed by atoms with Gasteiger partial charge >= 0.3 is 5.97 Å². The molecule has 1 N–H and O–H groups in total. The van der Waals surface area contributed by atoms with Crippen molar-refractivity contribution in [3.8, 4) is 0 Å². The summed E-state index contributed by atoms with van der Waals surface area (Å²) in [6.07, 6.45) is 3.14. The second kappa shape index (κ2) is 6.35. The molecule has 0 atom stereocenters. The number of carbonyl (C=O) groups is 2. The van der Waals surface area contributed by atoms with E-state index in [9.17, 15) is 14.7 Å². The Kier molecular flexibility index (Phi) is 4.52. The molecule has 0 saturated heterocycles. The molecule has 0 radical (unpaired) electrons. The highest BCUT2D eigenvalue weighted by Gasteiger charge is 2.12. The zero-order valence-corrected chi connectivity index (χ0v) is 12.1. The highest BCUT2D eigenvalue weighted by Crippen LogP contribution is 2.23. The third-order valence-corrected chi connectivity index (χ3v) is 3.36. The maximum Gasteiger partial charge on any atom is 0.336 e. The van der Waals surface area contributed by atoms with E-state index in [1.807, 2.05) is 0 Å². The van der Waals surface area contributed by atoms with Crippen molar-refractivity contribution in [2.75, 3.05) is 11.4 Å². The van der Waals surface area contributed by atoms with Crippen molar-refractivity contribution in [3.63, 3.8) is 0 Å². The third kappa shape index (κ3) is 3.37. The SMILES string of the molecule is CC(C)CCN(C=O)c1ccc2nccc(C(=O)O)c2c1. The van der Waals surface area contributed by atoms with Gasteiger partial charge in [-0.25, -0.2) is 4.79 Å². The van der Waals surface area contributed by atoms with E-state index in [0.717, 1.165) is 12.8 Å². The van der Waals surface area contributed by atoms with Crippen LogP contribution in [0.2, 0.25) is 0 Å². The summed E-state index contributed by atoms with van der Waals surface area (Å²) in [5.41, 5.74) is 1.48. The summed E-state index contributed by atoms with van der Waals surface area (Å²) in [6, 6.07) is 6.70. The average Bonchev–Trinajstić information content (AvgIpc) is 2.46. The molecule has 1 aromatic carbocycles. The Labute approximate surface area is 123 Å². The first-order chi connectivity index (χ1) is 10.0. The number of carboxylic acids is 1. The molecule has 0 aliphatic carbocycles. The summed E-state index contributed by atoms with van der Waals surface area (Å²) in [4.78, 5) is 28.3. The van der Waals surface area contributed by atoms with Crippen LogP contribution in [0.1, 0.15) is 30.6 Å². The summed E-state index contributed by atoms with van der Waals surface area (Å²) in [6.45, 7) is 4.79. The molecule has 0 aliphatic rings. The summed E-state index contributed by atoms with van der Waals surface area (Å²) >= 11 is 0. The van der Waals surface area contributed by atoms with Gasteiger partial charge in [0, 0.05) is 23.8 Å². The summed E-state index contributed by atoms with van der Waals surface area (Å²) < 4.78 is 0. The van der Waals surface area contributed by atoms with Gasteiger partial charge in [-0.05, 0) is 36.6 Å². The van der Waals surface area contributed by atoms with E-state index in [1.54, 1.807) is 23.1 Å². The van der Waals surface area contributed by atoms with E-state index in [4.69, 9.17) is 0 Å². The van der Waals surface area contributed by atoms with Gasteiger partial charge in [0.15, 0.2) is 0 Å². The first-order valence-corrected chi connectivity index (χ1v) is 6.87. The first-order valence-electron chi connectivity index (χ1n) is 6.87. The molecule has 110 valence electrons. The van der Waals surface area contributed by atoms with Gasteiger partial charge in [0.25, 0.3) is 0 Å². The summed E-state index contributed by atoms with van der Waals surface area (Å²) in [5.74, 6) is -0.511. The van der Waals surface area contributed by atoms with Crippen molar-refractivity contribution < 1.29 is 14.7 Å². The number of nitrogens with zero attached hydrogens (tertiary/aromatic N) is 2. The van der Waals surface area contributed by atoms with Crippen LogP contribution in [0, 0.1) is 5.92 Å². The van der Waals surface area contributed by atoms with Crippen LogP contribution in [0.25, 0.3) is 10.9 Å². The maximum absolute atomic E-state index is 11.3. The van der Waals surface area contributed by atoms with E-state index >= 15 is 0 Å². The number of amides is 1. The fourth-order valence-electron chi connectivity index (χ4n) is 2.14. The number of rotatable bonds is 6. The van der Waals surface area contributed by atoms with Crippen LogP contribution in [-0.4, -0.2) is 29.0 Å². The standard InChI is InChI=1S/C16H18N2O3/c1-11(2)6-8-18(10-19)12-3-4-15-14(9-12)13(16(20)21)5-7-17-15/h3-5,7,9-11H,6,8H2,1-2H3,(H,20,21). The molecule has 0 unspecified atom stereocenters. The molecule has 0 saturated carbocycles. The van der Waals surface area contributed by atoms with Crippen molar-refractivity contribution in [2.24, 2.45) is 5.92 Å².